The number of para-hydroxylation sites is 1. The third kappa shape index (κ3) is 8.27. The SMILES string of the molecule is CN=C(NCC(=O)Nc1ccc(F)c(F)c1F)NCc1ccccc1OC(C)(C)C.I. The van der Waals surface area contributed by atoms with E-state index in [0.717, 1.165) is 23.4 Å². The zero-order valence-electron chi connectivity index (χ0n) is 17.7. The number of hydrogen-bond donors (Lipinski definition) is 3. The van der Waals surface area contributed by atoms with Crippen LogP contribution in [-0.2, 0) is 11.3 Å². The minimum Gasteiger partial charge on any atom is -0.488 e. The number of carbonyl (C=O) groups excluding carboxylic acids is 1. The van der Waals surface area contributed by atoms with Gasteiger partial charge in [0.25, 0.3) is 0 Å². The highest BCUT2D eigenvalue weighted by atomic mass is 127. The number of amides is 1. The topological polar surface area (TPSA) is 74.8 Å². The highest BCUT2D eigenvalue weighted by Crippen LogP contribution is 2.23. The predicted molar refractivity (Wildman–Crippen MR) is 125 cm³/mol. The second-order valence-corrected chi connectivity index (χ2v) is 7.37. The lowest BCUT2D eigenvalue weighted by Crippen LogP contribution is -2.41. The van der Waals surface area contributed by atoms with E-state index < -0.39 is 29.0 Å². The third-order valence-electron chi connectivity index (χ3n) is 3.78. The molecule has 6 nitrogen and oxygen atoms in total. The van der Waals surface area contributed by atoms with Gasteiger partial charge in [-0.1, -0.05) is 18.2 Å². The fourth-order valence-corrected chi connectivity index (χ4v) is 2.46. The molecule has 0 aliphatic rings. The van der Waals surface area contributed by atoms with Gasteiger partial charge in [-0.15, -0.1) is 24.0 Å². The zero-order chi connectivity index (χ0) is 22.3. The number of carbonyl (C=O) groups is 1. The summed E-state index contributed by atoms with van der Waals surface area (Å²) in [5.41, 5.74) is 0.0871. The third-order valence-corrected chi connectivity index (χ3v) is 3.78. The number of aliphatic imine (C=N–C) groups is 1. The fourth-order valence-electron chi connectivity index (χ4n) is 2.46. The fraction of sp³-hybridized carbons (Fsp3) is 0.333. The van der Waals surface area contributed by atoms with E-state index in [9.17, 15) is 18.0 Å². The molecule has 0 heterocycles. The summed E-state index contributed by atoms with van der Waals surface area (Å²) in [6, 6.07) is 9.21. The molecule has 0 fully saturated rings. The van der Waals surface area contributed by atoms with Gasteiger partial charge in [0, 0.05) is 19.2 Å². The summed E-state index contributed by atoms with van der Waals surface area (Å²) in [6.07, 6.45) is 0. The van der Waals surface area contributed by atoms with Gasteiger partial charge in [-0.3, -0.25) is 9.79 Å². The minimum absolute atomic E-state index is 0. The number of nitrogens with one attached hydrogen (secondary N) is 3. The molecule has 0 aromatic heterocycles. The van der Waals surface area contributed by atoms with Crippen LogP contribution in [0.2, 0.25) is 0 Å². The lowest BCUT2D eigenvalue weighted by molar-refractivity contribution is -0.115. The molecule has 0 radical (unpaired) electrons. The van der Waals surface area contributed by atoms with Crippen LogP contribution in [0, 0.1) is 17.5 Å². The molecule has 2 rings (SSSR count). The maximum Gasteiger partial charge on any atom is 0.243 e. The number of halogens is 4. The second kappa shape index (κ2) is 11.8. The van der Waals surface area contributed by atoms with Gasteiger partial charge in [0.05, 0.1) is 12.2 Å². The van der Waals surface area contributed by atoms with Gasteiger partial charge in [0.2, 0.25) is 5.91 Å². The van der Waals surface area contributed by atoms with Crippen molar-refractivity contribution in [1.29, 1.82) is 0 Å². The maximum atomic E-state index is 13.7. The molecule has 0 aliphatic carbocycles. The van der Waals surface area contributed by atoms with E-state index in [1.54, 1.807) is 0 Å². The minimum atomic E-state index is -1.64. The smallest absolute Gasteiger partial charge is 0.243 e. The van der Waals surface area contributed by atoms with E-state index in [-0.39, 0.29) is 36.1 Å². The van der Waals surface area contributed by atoms with Crippen molar-refractivity contribution in [3.63, 3.8) is 0 Å². The van der Waals surface area contributed by atoms with Gasteiger partial charge in [-0.2, -0.15) is 0 Å². The number of anilines is 1. The first-order valence-corrected chi connectivity index (χ1v) is 9.25. The summed E-state index contributed by atoms with van der Waals surface area (Å²) in [4.78, 5) is 16.0. The summed E-state index contributed by atoms with van der Waals surface area (Å²) in [5.74, 6) is -4.04. The first kappa shape index (κ1) is 26.5. The first-order chi connectivity index (χ1) is 14.1. The number of rotatable bonds is 6. The van der Waals surface area contributed by atoms with Crippen LogP contribution >= 0.6 is 24.0 Å². The van der Waals surface area contributed by atoms with Gasteiger partial charge in [0.15, 0.2) is 23.4 Å². The highest BCUT2D eigenvalue weighted by Gasteiger charge is 2.16. The Morgan fingerprint density at radius 3 is 2.35 bits per heavy atom. The average molecular weight is 550 g/mol. The van der Waals surface area contributed by atoms with E-state index in [0.29, 0.717) is 12.5 Å². The average Bonchev–Trinajstić information content (AvgIpc) is 2.68. The van der Waals surface area contributed by atoms with Crippen molar-refractivity contribution < 1.29 is 22.7 Å². The maximum absolute atomic E-state index is 13.7. The standard InChI is InChI=1S/C21H25F3N4O2.HI/c1-21(2,3)30-16-8-6-5-7-13(16)11-26-20(25-4)27-12-17(29)28-15-10-9-14(22)18(23)19(15)24;/h5-10H,11-12H2,1-4H3,(H,28,29)(H2,25,26,27);1H. The molecule has 3 N–H and O–H groups in total. The Labute approximate surface area is 196 Å². The van der Waals surface area contributed by atoms with Crippen molar-refractivity contribution in [3.8, 4) is 5.75 Å². The molecule has 10 heteroatoms. The largest absolute Gasteiger partial charge is 0.488 e. The molecule has 2 aromatic carbocycles. The van der Waals surface area contributed by atoms with Crippen molar-refractivity contribution >= 4 is 41.5 Å². The Bertz CT molecular complexity index is 933. The lowest BCUT2D eigenvalue weighted by atomic mass is 10.1. The highest BCUT2D eigenvalue weighted by molar-refractivity contribution is 14.0. The number of guanidine groups is 1. The van der Waals surface area contributed by atoms with Crippen LogP contribution in [-0.4, -0.2) is 31.1 Å². The first-order valence-electron chi connectivity index (χ1n) is 9.25. The molecule has 0 saturated heterocycles. The summed E-state index contributed by atoms with van der Waals surface area (Å²) in [7, 11) is 1.53. The van der Waals surface area contributed by atoms with Gasteiger partial charge in [0.1, 0.15) is 11.4 Å². The molecule has 2 aromatic rings. The van der Waals surface area contributed by atoms with Crippen molar-refractivity contribution in [2.75, 3.05) is 18.9 Å². The molecule has 31 heavy (non-hydrogen) atoms. The Kier molecular flexibility index (Phi) is 10.1. The van der Waals surface area contributed by atoms with Crippen LogP contribution in [0.5, 0.6) is 5.75 Å². The molecule has 0 spiro atoms. The Morgan fingerprint density at radius 2 is 1.71 bits per heavy atom. The molecule has 0 bridgehead atoms. The van der Waals surface area contributed by atoms with Crippen LogP contribution in [0.3, 0.4) is 0 Å². The molecular weight excluding hydrogens is 524 g/mol. The van der Waals surface area contributed by atoms with Crippen molar-refractivity contribution in [2.45, 2.75) is 32.9 Å². The van der Waals surface area contributed by atoms with Gasteiger partial charge < -0.3 is 20.7 Å². The molecular formula is C21H26F3IN4O2. The van der Waals surface area contributed by atoms with Gasteiger partial charge in [-0.05, 0) is 39.0 Å². The number of benzene rings is 2. The van der Waals surface area contributed by atoms with E-state index >= 15 is 0 Å². The van der Waals surface area contributed by atoms with Crippen LogP contribution in [0.15, 0.2) is 41.4 Å². The molecule has 0 atom stereocenters. The van der Waals surface area contributed by atoms with Crippen LogP contribution in [0.1, 0.15) is 26.3 Å². The molecule has 0 aliphatic heterocycles. The van der Waals surface area contributed by atoms with Crippen LogP contribution < -0.4 is 20.7 Å². The van der Waals surface area contributed by atoms with E-state index in [1.165, 1.54) is 7.05 Å². The Balaban J connectivity index is 0.00000480. The van der Waals surface area contributed by atoms with Crippen LogP contribution in [0.4, 0.5) is 18.9 Å². The normalized spacial score (nSPS) is 11.4. The van der Waals surface area contributed by atoms with E-state index in [1.807, 2.05) is 45.0 Å². The number of nitrogens with zero attached hydrogens (tertiary/aromatic N) is 1. The zero-order valence-corrected chi connectivity index (χ0v) is 20.0. The Morgan fingerprint density at radius 1 is 1.03 bits per heavy atom. The van der Waals surface area contributed by atoms with E-state index in [2.05, 4.69) is 20.9 Å². The summed E-state index contributed by atoms with van der Waals surface area (Å²) in [5, 5.41) is 8.00. The number of hydrogen-bond acceptors (Lipinski definition) is 3. The lowest BCUT2D eigenvalue weighted by Gasteiger charge is -2.23. The molecule has 170 valence electrons. The summed E-state index contributed by atoms with van der Waals surface area (Å²) in [6.45, 7) is 5.97. The van der Waals surface area contributed by atoms with Crippen molar-refractivity contribution in [2.24, 2.45) is 4.99 Å². The number of ether oxygens (including phenoxy) is 1. The summed E-state index contributed by atoms with van der Waals surface area (Å²) >= 11 is 0. The van der Waals surface area contributed by atoms with Gasteiger partial charge >= 0.3 is 0 Å². The Hall–Kier alpha value is -2.50. The van der Waals surface area contributed by atoms with E-state index in [4.69, 9.17) is 4.74 Å². The quantitative estimate of drug-likeness (QED) is 0.218. The predicted octanol–water partition coefficient (Wildman–Crippen LogP) is 4.20. The van der Waals surface area contributed by atoms with Crippen LogP contribution in [0.25, 0.3) is 0 Å². The van der Waals surface area contributed by atoms with Crippen molar-refractivity contribution in [3.05, 3.63) is 59.4 Å². The van der Waals surface area contributed by atoms with Crippen molar-refractivity contribution in [1.82, 2.24) is 10.6 Å². The van der Waals surface area contributed by atoms with Gasteiger partial charge in [-0.25, -0.2) is 13.2 Å². The molecule has 0 unspecified atom stereocenters. The monoisotopic (exact) mass is 550 g/mol. The second-order valence-electron chi connectivity index (χ2n) is 7.37. The summed E-state index contributed by atoms with van der Waals surface area (Å²) < 4.78 is 45.8. The molecule has 0 saturated carbocycles. The molecule has 1 amide bonds.